The van der Waals surface area contributed by atoms with Crippen LogP contribution in [0.25, 0.3) is 11.1 Å². The van der Waals surface area contributed by atoms with E-state index in [4.69, 9.17) is 16.2 Å². The van der Waals surface area contributed by atoms with E-state index in [-0.39, 0.29) is 11.4 Å². The number of aryl methyl sites for hydroxylation is 1. The number of nitrogens with two attached hydrogens (primary N) is 2. The molecule has 3 aromatic rings. The lowest BCUT2D eigenvalue weighted by Crippen LogP contribution is -2.14. The number of ether oxygens (including phenoxy) is 1. The Kier molecular flexibility index (Phi) is 7.59. The number of rotatable bonds is 5. The summed E-state index contributed by atoms with van der Waals surface area (Å²) < 4.78 is 8.62. The number of aromatic nitrogens is 3. The first kappa shape index (κ1) is 22.0. The van der Waals surface area contributed by atoms with Crippen molar-refractivity contribution in [3.8, 4) is 11.1 Å². The Morgan fingerprint density at radius 2 is 2.00 bits per heavy atom. The predicted octanol–water partition coefficient (Wildman–Crippen LogP) is 4.07. The molecule has 1 aliphatic carbocycles. The molecule has 2 aromatic heterocycles. The normalized spacial score (nSPS) is 13.7. The number of primary amides is 1. The monoisotopic (exact) mass is 471 g/mol. The zero-order valence-corrected chi connectivity index (χ0v) is 18.5. The number of pyridine rings is 1. The van der Waals surface area contributed by atoms with Crippen molar-refractivity contribution in [2.24, 2.45) is 12.8 Å². The first-order valence-corrected chi connectivity index (χ1v) is 10.6. The van der Waals surface area contributed by atoms with Crippen LogP contribution in [0, 0.1) is 0 Å². The van der Waals surface area contributed by atoms with Crippen LogP contribution in [0.1, 0.15) is 41.6 Å². The Labute approximate surface area is 184 Å². The van der Waals surface area contributed by atoms with Gasteiger partial charge in [0.05, 0.1) is 24.5 Å². The Bertz CT molecular complexity index is 999. The minimum Gasteiger partial charge on any atom is -0.383 e. The highest BCUT2D eigenvalue weighted by Gasteiger charge is 2.15. The minimum absolute atomic E-state index is 0.139. The van der Waals surface area contributed by atoms with Crippen molar-refractivity contribution in [2.45, 2.75) is 38.4 Å². The lowest BCUT2D eigenvalue weighted by atomic mass is 10.1. The fourth-order valence-corrected chi connectivity index (χ4v) is 3.74. The van der Waals surface area contributed by atoms with Crippen LogP contribution in [0.15, 0.2) is 53.4 Å². The third-order valence-corrected chi connectivity index (χ3v) is 5.39. The summed E-state index contributed by atoms with van der Waals surface area (Å²) in [6, 6.07) is 9.94. The quantitative estimate of drug-likeness (QED) is 0.582. The van der Waals surface area contributed by atoms with Crippen molar-refractivity contribution in [2.75, 3.05) is 5.73 Å². The Hall–Kier alpha value is -2.71. The lowest BCUT2D eigenvalue weighted by molar-refractivity contribution is 0.0457. The Morgan fingerprint density at radius 1 is 1.23 bits per heavy atom. The van der Waals surface area contributed by atoms with E-state index in [9.17, 15) is 4.79 Å². The van der Waals surface area contributed by atoms with Gasteiger partial charge in [0, 0.05) is 35.0 Å². The molecule has 2 heterocycles. The van der Waals surface area contributed by atoms with Crippen LogP contribution in [0.2, 0.25) is 0 Å². The van der Waals surface area contributed by atoms with Gasteiger partial charge in [-0.15, -0.1) is 0 Å². The molecule has 30 heavy (non-hydrogen) atoms. The molecule has 1 fully saturated rings. The van der Waals surface area contributed by atoms with Gasteiger partial charge in [-0.1, -0.05) is 40.9 Å². The number of halogens is 1. The van der Waals surface area contributed by atoms with Gasteiger partial charge in [-0.25, -0.2) is 4.98 Å². The summed E-state index contributed by atoms with van der Waals surface area (Å²) in [5.74, 6) is -0.448. The fourth-order valence-electron chi connectivity index (χ4n) is 3.30. The van der Waals surface area contributed by atoms with Crippen molar-refractivity contribution in [3.63, 3.8) is 0 Å². The number of benzene rings is 1. The summed E-state index contributed by atoms with van der Waals surface area (Å²) in [6.45, 7) is 0.754. The van der Waals surface area contributed by atoms with Gasteiger partial charge >= 0.3 is 0 Å². The predicted molar refractivity (Wildman–Crippen MR) is 121 cm³/mol. The number of amides is 1. The standard InChI is InChI=1S/C12H15BrO.C10H11N5O/c13-11-5-3-4-10(8-11)9-14-12-6-1-2-7-12;1-15-5-7(4-14-15)6-2-8(10(12)16)9(11)13-3-6/h3-5,8,12H,1-2,6-7,9H2;2-5H,1H3,(H2,11,13)(H2,12,16). The van der Waals surface area contributed by atoms with Gasteiger partial charge in [0.25, 0.3) is 5.91 Å². The van der Waals surface area contributed by atoms with E-state index in [2.05, 4.69) is 44.2 Å². The molecule has 0 radical (unpaired) electrons. The molecule has 0 bridgehead atoms. The van der Waals surface area contributed by atoms with E-state index in [0.717, 1.165) is 22.2 Å². The van der Waals surface area contributed by atoms with Gasteiger partial charge in [-0.3, -0.25) is 9.48 Å². The van der Waals surface area contributed by atoms with Crippen molar-refractivity contribution < 1.29 is 9.53 Å². The van der Waals surface area contributed by atoms with E-state index < -0.39 is 5.91 Å². The van der Waals surface area contributed by atoms with Gasteiger partial charge in [-0.2, -0.15) is 5.10 Å². The molecule has 8 heteroatoms. The molecule has 1 saturated carbocycles. The van der Waals surface area contributed by atoms with Crippen LogP contribution in [-0.2, 0) is 18.4 Å². The fraction of sp³-hybridized carbons (Fsp3) is 0.318. The van der Waals surface area contributed by atoms with Gasteiger partial charge in [0.2, 0.25) is 0 Å². The molecule has 4 rings (SSSR count). The maximum Gasteiger partial charge on any atom is 0.252 e. The molecule has 0 atom stereocenters. The summed E-state index contributed by atoms with van der Waals surface area (Å²) in [5.41, 5.74) is 13.8. The topological polar surface area (TPSA) is 109 Å². The highest BCUT2D eigenvalue weighted by Crippen LogP contribution is 2.23. The summed E-state index contributed by atoms with van der Waals surface area (Å²) in [5, 5.41) is 4.03. The highest BCUT2D eigenvalue weighted by atomic mass is 79.9. The van der Waals surface area contributed by atoms with Crippen molar-refractivity contribution in [1.29, 1.82) is 0 Å². The molecular weight excluding hydrogens is 446 g/mol. The van der Waals surface area contributed by atoms with Crippen molar-refractivity contribution >= 4 is 27.7 Å². The van der Waals surface area contributed by atoms with E-state index in [1.807, 2.05) is 19.3 Å². The second-order valence-corrected chi connectivity index (χ2v) is 8.19. The average Bonchev–Trinajstić information content (AvgIpc) is 3.39. The molecule has 0 unspecified atom stereocenters. The molecule has 158 valence electrons. The van der Waals surface area contributed by atoms with E-state index in [1.54, 1.807) is 23.1 Å². The third-order valence-electron chi connectivity index (χ3n) is 4.90. The molecule has 7 nitrogen and oxygen atoms in total. The van der Waals surface area contributed by atoms with Crippen LogP contribution in [0.5, 0.6) is 0 Å². The second kappa shape index (κ2) is 10.4. The van der Waals surface area contributed by atoms with Crippen LogP contribution in [-0.4, -0.2) is 26.8 Å². The number of anilines is 1. The number of hydrogen-bond acceptors (Lipinski definition) is 5. The molecular formula is C22H26BrN5O2. The van der Waals surface area contributed by atoms with Gasteiger partial charge in [-0.05, 0) is 36.6 Å². The minimum atomic E-state index is -0.587. The first-order valence-electron chi connectivity index (χ1n) is 9.83. The van der Waals surface area contributed by atoms with E-state index in [1.165, 1.54) is 31.2 Å². The summed E-state index contributed by atoms with van der Waals surface area (Å²) >= 11 is 3.46. The number of carbonyl (C=O) groups excluding carboxylic acids is 1. The van der Waals surface area contributed by atoms with Crippen molar-refractivity contribution in [3.05, 3.63) is 64.5 Å². The number of hydrogen-bond donors (Lipinski definition) is 2. The summed E-state index contributed by atoms with van der Waals surface area (Å²) in [6.07, 6.45) is 10.7. The molecule has 0 aliphatic heterocycles. The summed E-state index contributed by atoms with van der Waals surface area (Å²) in [4.78, 5) is 15.0. The second-order valence-electron chi connectivity index (χ2n) is 7.27. The Balaban J connectivity index is 0.000000172. The molecule has 4 N–H and O–H groups in total. The van der Waals surface area contributed by atoms with Gasteiger partial charge in [0.15, 0.2) is 0 Å². The highest BCUT2D eigenvalue weighted by molar-refractivity contribution is 9.10. The summed E-state index contributed by atoms with van der Waals surface area (Å²) in [7, 11) is 1.81. The van der Waals surface area contributed by atoms with Crippen LogP contribution >= 0.6 is 15.9 Å². The van der Waals surface area contributed by atoms with Crippen LogP contribution < -0.4 is 11.5 Å². The smallest absolute Gasteiger partial charge is 0.252 e. The van der Waals surface area contributed by atoms with E-state index >= 15 is 0 Å². The molecule has 1 aromatic carbocycles. The Morgan fingerprint density at radius 3 is 2.63 bits per heavy atom. The first-order chi connectivity index (χ1) is 14.4. The zero-order valence-electron chi connectivity index (χ0n) is 16.9. The van der Waals surface area contributed by atoms with Crippen LogP contribution in [0.3, 0.4) is 0 Å². The number of nitrogen functional groups attached to an aromatic ring is 1. The lowest BCUT2D eigenvalue weighted by Gasteiger charge is -2.10. The molecule has 0 saturated heterocycles. The zero-order chi connectivity index (χ0) is 21.5. The SMILES string of the molecule is Brc1cccc(COC2CCCC2)c1.Cn1cc(-c2cnc(N)c(C(N)=O)c2)cn1. The van der Waals surface area contributed by atoms with Crippen LogP contribution in [0.4, 0.5) is 5.82 Å². The molecule has 0 spiro atoms. The van der Waals surface area contributed by atoms with Gasteiger partial charge in [0.1, 0.15) is 5.82 Å². The maximum atomic E-state index is 11.1. The van der Waals surface area contributed by atoms with Gasteiger partial charge < -0.3 is 16.2 Å². The number of nitrogens with zero attached hydrogens (tertiary/aromatic N) is 3. The van der Waals surface area contributed by atoms with E-state index in [0.29, 0.717) is 6.10 Å². The maximum absolute atomic E-state index is 11.1. The number of carbonyl (C=O) groups is 1. The van der Waals surface area contributed by atoms with Crippen molar-refractivity contribution in [1.82, 2.24) is 14.8 Å². The molecule has 1 amide bonds. The third kappa shape index (κ3) is 6.14. The molecule has 1 aliphatic rings. The largest absolute Gasteiger partial charge is 0.383 e. The average molecular weight is 472 g/mol.